The van der Waals surface area contributed by atoms with Gasteiger partial charge < -0.3 is 81.0 Å². The van der Waals surface area contributed by atoms with Gasteiger partial charge in [-0.1, -0.05) is 66.7 Å². The number of rotatable bonds is 24. The second-order valence-electron chi connectivity index (χ2n) is 24.1. The average Bonchev–Trinajstić information content (AvgIpc) is 1.72. The maximum absolute atomic E-state index is 14.4. The van der Waals surface area contributed by atoms with Crippen LogP contribution in [0.25, 0.3) is 22.3 Å². The van der Waals surface area contributed by atoms with E-state index in [0.29, 0.717) is 47.7 Å². The Labute approximate surface area is 520 Å². The Hall–Kier alpha value is -8.11. The van der Waals surface area contributed by atoms with Crippen molar-refractivity contribution >= 4 is 81.3 Å². The summed E-state index contributed by atoms with van der Waals surface area (Å²) in [6, 6.07) is 11.3. The molecule has 0 aliphatic carbocycles. The van der Waals surface area contributed by atoms with E-state index in [0.717, 1.165) is 10.9 Å². The lowest BCUT2D eigenvalue weighted by molar-refractivity contribution is -0.272. The Morgan fingerprint density at radius 2 is 1.54 bits per heavy atom. The SMILES string of the molecule is CC[C@@]1(OC(=O)[C@@H](NC(=O)[C@H](CC(N)=O)NC(=O)[C@H](CC(C)C)NC(=O)CNC(=O)[C@H](CC(C)C)NC(=O)[C@@H]2CCCN2C(=S)Nc2ccc(O[C@H]3O[C@@H](C)[C@@H](O)[C@@H](OC)[C@@H]3O)cc2)C(C)C)C(=O)OCc2c1cc1n(c2=O)Cc2cc3ccccc3nc2-1. The van der Waals surface area contributed by atoms with Crippen molar-refractivity contribution in [1.82, 2.24) is 41.0 Å². The number of aliphatic hydroxyl groups is 2. The topological polar surface area (TPSA) is 360 Å². The minimum atomic E-state index is -2.14. The van der Waals surface area contributed by atoms with Gasteiger partial charge in [-0.15, -0.1) is 0 Å². The van der Waals surface area contributed by atoms with Gasteiger partial charge in [-0.25, -0.2) is 14.6 Å². The van der Waals surface area contributed by atoms with Crippen LogP contribution in [0.15, 0.2) is 65.5 Å². The molecule has 2 fully saturated rings. The Bertz CT molecular complexity index is 3420. The molecule has 4 aliphatic heterocycles. The second kappa shape index (κ2) is 28.6. The lowest BCUT2D eigenvalue weighted by Crippen LogP contribution is -2.59. The number of anilines is 1. The van der Waals surface area contributed by atoms with Gasteiger partial charge in [0.15, 0.2) is 5.11 Å². The predicted octanol–water partition coefficient (Wildman–Crippen LogP) is 2.03. The molecule has 2 saturated heterocycles. The van der Waals surface area contributed by atoms with E-state index in [4.69, 9.17) is 46.6 Å². The third-order valence-electron chi connectivity index (χ3n) is 16.3. The standard InChI is InChI=1S/C62H80N10O16S/c1-10-62(39-25-45-49-35(24-34-14-11-12-15-40(34)67-49)28-72(45)57(81)38(39)29-85-60(62)83)88-58(82)48(32(6)7)70-55(79)43(26-46(63)73)68-54(78)42(23-31(4)5)66-47(74)27-64-53(77)41(22-30(2)3)69-56(80)44-16-13-21-71(44)61(89)65-36-17-19-37(20-18-36)87-59-51(76)52(84-9)50(75)33(8)86-59/h11-12,14-15,17-20,24-25,30-33,41-44,48,50-52,59,75-76H,10,13,16,21-23,26-29H2,1-9H3,(H2,63,73)(H,64,77)(H,65,89)(H,66,74)(H,68,78)(H,69,80)(H,70,79)/t33-,41-,42-,43-,44-,48-,50+,51-,52+,59+,62-/m0/s1. The number of fused-ring (bicyclic) bond motifs is 5. The second-order valence-corrected chi connectivity index (χ2v) is 24.5. The number of aromatic nitrogens is 2. The largest absolute Gasteiger partial charge is 0.462 e. The molecule has 0 radical (unpaired) electrons. The van der Waals surface area contributed by atoms with Gasteiger partial charge in [0.05, 0.1) is 48.1 Å². The number of para-hydroxylation sites is 1. The van der Waals surface area contributed by atoms with Crippen molar-refractivity contribution in [2.75, 3.05) is 25.5 Å². The number of methoxy groups -OCH3 is 1. The molecule has 89 heavy (non-hydrogen) atoms. The van der Waals surface area contributed by atoms with E-state index >= 15 is 0 Å². The monoisotopic (exact) mass is 1250 g/mol. The maximum atomic E-state index is 14.4. The van der Waals surface area contributed by atoms with Crippen LogP contribution in [-0.4, -0.2) is 158 Å². The first-order chi connectivity index (χ1) is 42.2. The summed E-state index contributed by atoms with van der Waals surface area (Å²) in [6.07, 6.45) is -4.64. The molecule has 0 unspecified atom stereocenters. The highest BCUT2D eigenvalue weighted by atomic mass is 32.1. The van der Waals surface area contributed by atoms with Crippen LogP contribution in [0.1, 0.15) is 111 Å². The Morgan fingerprint density at radius 1 is 0.865 bits per heavy atom. The van der Waals surface area contributed by atoms with Crippen LogP contribution in [0.4, 0.5) is 5.69 Å². The molecule has 6 heterocycles. The lowest BCUT2D eigenvalue weighted by atomic mass is 9.85. The van der Waals surface area contributed by atoms with Crippen molar-refractivity contribution in [3.8, 4) is 17.1 Å². The number of primary amides is 1. The molecule has 8 rings (SSSR count). The molecule has 480 valence electrons. The number of nitrogens with zero attached hydrogens (tertiary/aromatic N) is 3. The number of ether oxygens (including phenoxy) is 5. The zero-order valence-corrected chi connectivity index (χ0v) is 52.1. The van der Waals surface area contributed by atoms with E-state index in [1.807, 2.05) is 44.2 Å². The summed E-state index contributed by atoms with van der Waals surface area (Å²) in [5, 5.41) is 38.3. The number of carbonyl (C=O) groups excluding carboxylic acids is 8. The third-order valence-corrected chi connectivity index (χ3v) is 16.6. The highest BCUT2D eigenvalue weighted by molar-refractivity contribution is 7.80. The van der Waals surface area contributed by atoms with Gasteiger partial charge >= 0.3 is 11.9 Å². The van der Waals surface area contributed by atoms with Crippen LogP contribution in [0, 0.1) is 17.8 Å². The van der Waals surface area contributed by atoms with Crippen molar-refractivity contribution in [3.63, 3.8) is 0 Å². The summed E-state index contributed by atoms with van der Waals surface area (Å²) in [7, 11) is 1.37. The van der Waals surface area contributed by atoms with E-state index in [1.54, 1.807) is 76.8 Å². The molecular weight excluding hydrogens is 1170 g/mol. The zero-order valence-electron chi connectivity index (χ0n) is 51.3. The zero-order chi connectivity index (χ0) is 64.8. The minimum absolute atomic E-state index is 0.0296. The van der Waals surface area contributed by atoms with Gasteiger partial charge in [-0.3, -0.25) is 33.6 Å². The molecule has 4 aliphatic rings. The Balaban J connectivity index is 0.877. The van der Waals surface area contributed by atoms with Gasteiger partial charge in [0.2, 0.25) is 47.3 Å². The van der Waals surface area contributed by atoms with Crippen molar-refractivity contribution in [3.05, 3.63) is 87.7 Å². The van der Waals surface area contributed by atoms with Gasteiger partial charge in [0.1, 0.15) is 60.9 Å². The predicted molar refractivity (Wildman–Crippen MR) is 327 cm³/mol. The van der Waals surface area contributed by atoms with Crippen molar-refractivity contribution in [2.45, 2.75) is 174 Å². The van der Waals surface area contributed by atoms with Crippen LogP contribution >= 0.6 is 12.2 Å². The fourth-order valence-corrected chi connectivity index (χ4v) is 11.9. The molecule has 0 spiro atoms. The number of esters is 2. The van der Waals surface area contributed by atoms with Crippen LogP contribution < -0.4 is 47.9 Å². The molecule has 2 aromatic heterocycles. The Kier molecular flexibility index (Phi) is 21.5. The first-order valence-corrected chi connectivity index (χ1v) is 30.4. The summed E-state index contributed by atoms with van der Waals surface area (Å²) < 4.78 is 30.0. The molecule has 11 atom stereocenters. The summed E-state index contributed by atoms with van der Waals surface area (Å²) >= 11 is 5.75. The molecule has 26 nitrogen and oxygen atoms in total. The van der Waals surface area contributed by atoms with Crippen LogP contribution in [-0.2, 0) is 76.1 Å². The molecular formula is C62H80N10O16S. The molecule has 0 saturated carbocycles. The molecule has 10 N–H and O–H groups in total. The number of benzene rings is 2. The van der Waals surface area contributed by atoms with Crippen molar-refractivity contribution in [2.24, 2.45) is 23.5 Å². The summed E-state index contributed by atoms with van der Waals surface area (Å²) in [5.74, 6) is -7.55. The maximum Gasteiger partial charge on any atom is 0.355 e. The van der Waals surface area contributed by atoms with E-state index in [2.05, 4.69) is 31.9 Å². The highest BCUT2D eigenvalue weighted by Crippen LogP contribution is 2.41. The van der Waals surface area contributed by atoms with Crippen LogP contribution in [0.3, 0.4) is 0 Å². The normalized spacial score (nSPS) is 22.4. The smallest absolute Gasteiger partial charge is 0.355 e. The van der Waals surface area contributed by atoms with Gasteiger partial charge in [-0.05, 0) is 111 Å². The van der Waals surface area contributed by atoms with E-state index < -0.39 is 138 Å². The summed E-state index contributed by atoms with van der Waals surface area (Å²) in [6.45, 7) is 13.3. The minimum Gasteiger partial charge on any atom is -0.462 e. The number of pyridine rings is 2. The number of thiocarbonyl (C=S) groups is 1. The van der Waals surface area contributed by atoms with Gasteiger partial charge in [0.25, 0.3) is 5.56 Å². The fraction of sp³-hybridized carbons (Fsp3) is 0.532. The van der Waals surface area contributed by atoms with Crippen molar-refractivity contribution < 1.29 is 72.3 Å². The Morgan fingerprint density at radius 3 is 2.19 bits per heavy atom. The number of hydrogen-bond donors (Lipinski definition) is 9. The first-order valence-electron chi connectivity index (χ1n) is 29.9. The van der Waals surface area contributed by atoms with Crippen LogP contribution in [0.2, 0.25) is 0 Å². The van der Waals surface area contributed by atoms with E-state index in [-0.39, 0.29) is 60.5 Å². The third kappa shape index (κ3) is 15.1. The number of hydrogen-bond acceptors (Lipinski definition) is 18. The quantitative estimate of drug-likeness (QED) is 0.0315. The molecule has 0 bridgehead atoms. The molecule has 27 heteroatoms. The van der Waals surface area contributed by atoms with Crippen LogP contribution in [0.5, 0.6) is 5.75 Å². The van der Waals surface area contributed by atoms with E-state index in [1.165, 1.54) is 11.7 Å². The number of nitrogens with two attached hydrogens (primary N) is 1. The molecule has 2 aromatic carbocycles. The highest BCUT2D eigenvalue weighted by Gasteiger charge is 2.52. The fourth-order valence-electron chi connectivity index (χ4n) is 11.6. The van der Waals surface area contributed by atoms with E-state index in [9.17, 15) is 53.4 Å². The number of nitrogens with one attached hydrogen (secondary N) is 6. The van der Waals surface area contributed by atoms with Gasteiger partial charge in [0, 0.05) is 35.9 Å². The number of carbonyl (C=O) groups is 8. The number of amides is 6. The lowest BCUT2D eigenvalue weighted by Gasteiger charge is -2.40. The summed E-state index contributed by atoms with van der Waals surface area (Å²) in [4.78, 5) is 131. The molecule has 6 amide bonds. The average molecular weight is 1250 g/mol. The molecule has 4 aromatic rings. The van der Waals surface area contributed by atoms with Gasteiger partial charge in [-0.2, -0.15) is 0 Å². The van der Waals surface area contributed by atoms with Crippen molar-refractivity contribution in [1.29, 1.82) is 0 Å². The number of cyclic esters (lactones) is 1. The number of aliphatic hydroxyl groups excluding tert-OH is 2. The number of likely N-dealkylation sites (tertiary alicyclic amines) is 1. The summed E-state index contributed by atoms with van der Waals surface area (Å²) in [5.41, 5.74) is 6.18. The first kappa shape index (κ1) is 66.8.